The van der Waals surface area contributed by atoms with E-state index in [-0.39, 0.29) is 10.7 Å². The van der Waals surface area contributed by atoms with Gasteiger partial charge < -0.3 is 19.9 Å². The van der Waals surface area contributed by atoms with Crippen molar-refractivity contribution in [3.05, 3.63) is 17.7 Å². The molecule has 0 atom stereocenters. The summed E-state index contributed by atoms with van der Waals surface area (Å²) in [5.74, 6) is 1.91. The first-order chi connectivity index (χ1) is 9.86. The Morgan fingerprint density at radius 3 is 2.52 bits per heavy atom. The number of ether oxygens (including phenoxy) is 3. The zero-order chi connectivity index (χ0) is 15.6. The summed E-state index contributed by atoms with van der Waals surface area (Å²) < 4.78 is 16.6. The zero-order valence-corrected chi connectivity index (χ0v) is 13.3. The van der Waals surface area contributed by atoms with E-state index in [0.717, 1.165) is 11.3 Å². The van der Waals surface area contributed by atoms with Gasteiger partial charge in [0.2, 0.25) is 0 Å². The fourth-order valence-corrected chi connectivity index (χ4v) is 2.27. The predicted molar refractivity (Wildman–Crippen MR) is 85.3 cm³/mol. The molecule has 2 rings (SSSR count). The number of methoxy groups -OCH3 is 2. The van der Waals surface area contributed by atoms with Crippen LogP contribution in [0.25, 0.3) is 0 Å². The molecule has 0 saturated heterocycles. The number of nitrogens with one attached hydrogen (secondary N) is 1. The van der Waals surface area contributed by atoms with Gasteiger partial charge in [-0.05, 0) is 32.1 Å². The minimum Gasteiger partial charge on any atom is -0.493 e. The van der Waals surface area contributed by atoms with E-state index >= 15 is 0 Å². The Balaban J connectivity index is 2.53. The van der Waals surface area contributed by atoms with E-state index in [2.05, 4.69) is 10.5 Å². The number of thiocarbonyl (C=S) groups is 1. The topological polar surface area (TPSA) is 78.1 Å². The van der Waals surface area contributed by atoms with Crippen LogP contribution in [0.3, 0.4) is 0 Å². The largest absolute Gasteiger partial charge is 0.493 e. The third kappa shape index (κ3) is 3.36. The molecule has 1 aromatic carbocycles. The Bertz CT molecular complexity index is 599. The first-order valence-corrected chi connectivity index (χ1v) is 6.84. The summed E-state index contributed by atoms with van der Waals surface area (Å²) in [5, 5.41) is 4.39. The maximum atomic E-state index is 5.99. The Kier molecular flexibility index (Phi) is 4.22. The minimum absolute atomic E-state index is 0.119. The van der Waals surface area contributed by atoms with Crippen molar-refractivity contribution < 1.29 is 14.2 Å². The second-order valence-corrected chi connectivity index (χ2v) is 5.72. The number of nitrogens with zero attached hydrogens (tertiary/aromatic N) is 1. The number of fused-ring (bicyclic) bond motifs is 1. The fourth-order valence-electron chi connectivity index (χ4n) is 2.22. The monoisotopic (exact) mass is 309 g/mol. The molecular weight excluding hydrogens is 290 g/mol. The maximum Gasteiger partial charge on any atom is 0.184 e. The average Bonchev–Trinajstić information content (AvgIpc) is 2.42. The smallest absolute Gasteiger partial charge is 0.184 e. The number of hydrogen-bond donors (Lipinski definition) is 2. The molecule has 21 heavy (non-hydrogen) atoms. The minimum atomic E-state index is -0.386. The Hall–Kier alpha value is -2.02. The van der Waals surface area contributed by atoms with Crippen molar-refractivity contribution >= 4 is 23.0 Å². The molecule has 0 aromatic heterocycles. The van der Waals surface area contributed by atoms with Gasteiger partial charge in [-0.1, -0.05) is 0 Å². The highest BCUT2D eigenvalue weighted by Gasteiger charge is 2.32. The van der Waals surface area contributed by atoms with Gasteiger partial charge in [0.25, 0.3) is 0 Å². The molecule has 0 aliphatic carbocycles. The van der Waals surface area contributed by atoms with Gasteiger partial charge >= 0.3 is 0 Å². The first kappa shape index (κ1) is 15.4. The SMILES string of the molecule is COc1cc2c(cc1OC)/C(=N/NC(N)=S)CC(C)(C)O2. The van der Waals surface area contributed by atoms with E-state index in [1.807, 2.05) is 19.9 Å². The number of hydrogen-bond acceptors (Lipinski definition) is 5. The number of nitrogens with two attached hydrogens (primary N) is 1. The molecule has 0 unspecified atom stereocenters. The van der Waals surface area contributed by atoms with E-state index in [4.69, 9.17) is 32.2 Å². The molecule has 7 heteroatoms. The van der Waals surface area contributed by atoms with Crippen LogP contribution in [0.4, 0.5) is 0 Å². The van der Waals surface area contributed by atoms with Crippen molar-refractivity contribution in [2.45, 2.75) is 25.9 Å². The predicted octanol–water partition coefficient (Wildman–Crippen LogP) is 1.80. The second kappa shape index (κ2) is 5.77. The van der Waals surface area contributed by atoms with Crippen molar-refractivity contribution in [3.8, 4) is 17.2 Å². The van der Waals surface area contributed by atoms with Crippen LogP contribution in [0.15, 0.2) is 17.2 Å². The molecule has 0 radical (unpaired) electrons. The third-order valence-electron chi connectivity index (χ3n) is 3.08. The standard InChI is InChI=1S/C14H19N3O3S/c1-14(2)7-9(16-17-13(15)21)8-5-11(18-3)12(19-4)6-10(8)20-14/h5-6H,7H2,1-4H3,(H3,15,17,21)/b16-9+. The molecule has 1 aliphatic rings. The molecular formula is C14H19N3O3S. The molecule has 0 saturated carbocycles. The summed E-state index contributed by atoms with van der Waals surface area (Å²) in [4.78, 5) is 0. The van der Waals surface area contributed by atoms with Crippen LogP contribution in [0, 0.1) is 0 Å². The van der Waals surface area contributed by atoms with Crippen molar-refractivity contribution in [2.75, 3.05) is 14.2 Å². The lowest BCUT2D eigenvalue weighted by Crippen LogP contribution is -2.37. The van der Waals surface area contributed by atoms with E-state index in [0.29, 0.717) is 23.7 Å². The summed E-state index contributed by atoms with van der Waals surface area (Å²) in [5.41, 5.74) is 9.31. The Morgan fingerprint density at radius 2 is 1.95 bits per heavy atom. The summed E-state index contributed by atoms with van der Waals surface area (Å²) in [7, 11) is 3.17. The Labute approximate surface area is 129 Å². The quantitative estimate of drug-likeness (QED) is 0.655. The highest BCUT2D eigenvalue weighted by molar-refractivity contribution is 7.80. The first-order valence-electron chi connectivity index (χ1n) is 6.43. The fraction of sp³-hybridized carbons (Fsp3) is 0.429. The molecule has 1 aliphatic heterocycles. The van der Waals surface area contributed by atoms with Gasteiger partial charge in [0.1, 0.15) is 11.4 Å². The van der Waals surface area contributed by atoms with Gasteiger partial charge in [-0.15, -0.1) is 0 Å². The van der Waals surface area contributed by atoms with E-state index in [9.17, 15) is 0 Å². The summed E-state index contributed by atoms with van der Waals surface area (Å²) >= 11 is 4.79. The van der Waals surface area contributed by atoms with Gasteiger partial charge in [-0.3, -0.25) is 5.43 Å². The second-order valence-electron chi connectivity index (χ2n) is 5.28. The lowest BCUT2D eigenvalue weighted by Gasteiger charge is -2.33. The summed E-state index contributed by atoms with van der Waals surface area (Å²) in [6.45, 7) is 3.98. The van der Waals surface area contributed by atoms with Crippen LogP contribution in [0.1, 0.15) is 25.8 Å². The van der Waals surface area contributed by atoms with E-state index in [1.165, 1.54) is 0 Å². The Morgan fingerprint density at radius 1 is 1.33 bits per heavy atom. The molecule has 114 valence electrons. The van der Waals surface area contributed by atoms with Crippen LogP contribution in [-0.2, 0) is 0 Å². The summed E-state index contributed by atoms with van der Waals surface area (Å²) in [6, 6.07) is 3.63. The highest BCUT2D eigenvalue weighted by Crippen LogP contribution is 2.40. The van der Waals surface area contributed by atoms with E-state index in [1.54, 1.807) is 20.3 Å². The molecule has 0 amide bonds. The van der Waals surface area contributed by atoms with Crippen LogP contribution in [0.5, 0.6) is 17.2 Å². The lowest BCUT2D eigenvalue weighted by atomic mass is 9.92. The van der Waals surface area contributed by atoms with Crippen molar-refractivity contribution in [2.24, 2.45) is 10.8 Å². The van der Waals surface area contributed by atoms with Crippen molar-refractivity contribution in [1.29, 1.82) is 0 Å². The van der Waals surface area contributed by atoms with Gasteiger partial charge in [-0.2, -0.15) is 5.10 Å². The molecule has 0 spiro atoms. The van der Waals surface area contributed by atoms with Crippen LogP contribution >= 0.6 is 12.2 Å². The number of benzene rings is 1. The van der Waals surface area contributed by atoms with E-state index < -0.39 is 0 Å². The maximum absolute atomic E-state index is 5.99. The van der Waals surface area contributed by atoms with Crippen LogP contribution in [-0.4, -0.2) is 30.6 Å². The molecule has 0 bridgehead atoms. The number of rotatable bonds is 3. The van der Waals surface area contributed by atoms with Gasteiger partial charge in [0, 0.05) is 18.1 Å². The highest BCUT2D eigenvalue weighted by atomic mass is 32.1. The van der Waals surface area contributed by atoms with Gasteiger partial charge in [-0.25, -0.2) is 0 Å². The number of hydrazone groups is 1. The molecule has 6 nitrogen and oxygen atoms in total. The third-order valence-corrected chi connectivity index (χ3v) is 3.17. The molecule has 3 N–H and O–H groups in total. The summed E-state index contributed by atoms with van der Waals surface area (Å²) in [6.07, 6.45) is 0.616. The molecule has 1 aromatic rings. The van der Waals surface area contributed by atoms with Gasteiger partial charge in [0.15, 0.2) is 16.6 Å². The zero-order valence-electron chi connectivity index (χ0n) is 12.5. The van der Waals surface area contributed by atoms with Crippen LogP contribution in [0.2, 0.25) is 0 Å². The normalized spacial score (nSPS) is 17.6. The van der Waals surface area contributed by atoms with Gasteiger partial charge in [0.05, 0.1) is 19.9 Å². The molecule has 1 heterocycles. The average molecular weight is 309 g/mol. The van der Waals surface area contributed by atoms with Crippen molar-refractivity contribution in [3.63, 3.8) is 0 Å². The lowest BCUT2D eigenvalue weighted by molar-refractivity contribution is 0.110. The van der Waals surface area contributed by atoms with Crippen molar-refractivity contribution in [1.82, 2.24) is 5.43 Å². The van der Waals surface area contributed by atoms with Crippen LogP contribution < -0.4 is 25.4 Å². The molecule has 0 fully saturated rings.